The van der Waals surface area contributed by atoms with E-state index in [0.717, 1.165) is 0 Å². The fourth-order valence-corrected chi connectivity index (χ4v) is 3.23. The minimum atomic E-state index is -0.501. The quantitative estimate of drug-likeness (QED) is 0.520. The van der Waals surface area contributed by atoms with Crippen LogP contribution in [0.15, 0.2) is 57.7 Å². The molecule has 0 atom stereocenters. The van der Waals surface area contributed by atoms with Crippen molar-refractivity contribution < 1.29 is 8.81 Å². The summed E-state index contributed by atoms with van der Waals surface area (Å²) in [5.41, 5.74) is 0.924. The molecule has 8 heteroatoms. The third kappa shape index (κ3) is 3.24. The Balaban J connectivity index is 1.69. The molecule has 0 saturated heterocycles. The average Bonchev–Trinajstić information content (AvgIpc) is 3.05. The smallest absolute Gasteiger partial charge is 0.346 e. The van der Waals surface area contributed by atoms with E-state index in [1.807, 2.05) is 0 Å². The largest absolute Gasteiger partial charge is 0.422 e. The van der Waals surface area contributed by atoms with Crippen molar-refractivity contribution in [1.82, 2.24) is 10.2 Å². The maximum Gasteiger partial charge on any atom is 0.346 e. The zero-order chi connectivity index (χ0) is 17.4. The van der Waals surface area contributed by atoms with Crippen LogP contribution < -0.4 is 10.9 Å². The zero-order valence-electron chi connectivity index (χ0n) is 12.5. The van der Waals surface area contributed by atoms with Gasteiger partial charge >= 0.3 is 5.63 Å². The fraction of sp³-hybridized carbons (Fsp3) is 0. The summed E-state index contributed by atoms with van der Waals surface area (Å²) in [6, 6.07) is 12.5. The molecule has 0 fully saturated rings. The molecule has 1 N–H and O–H groups in total. The van der Waals surface area contributed by atoms with E-state index in [1.54, 1.807) is 36.4 Å². The van der Waals surface area contributed by atoms with Gasteiger partial charge in [-0.15, -0.1) is 10.2 Å². The zero-order valence-corrected chi connectivity index (χ0v) is 14.1. The van der Waals surface area contributed by atoms with Crippen LogP contribution in [0.5, 0.6) is 0 Å². The number of nitrogens with zero attached hydrogens (tertiary/aromatic N) is 2. The average molecular weight is 374 g/mol. The van der Waals surface area contributed by atoms with Crippen LogP contribution in [0.2, 0.25) is 5.02 Å². The maximum atomic E-state index is 12.9. The van der Waals surface area contributed by atoms with Crippen molar-refractivity contribution in [3.8, 4) is 10.6 Å². The Morgan fingerprint density at radius 2 is 1.88 bits per heavy atom. The van der Waals surface area contributed by atoms with Gasteiger partial charge in [0.05, 0.1) is 5.56 Å². The minimum absolute atomic E-state index is 0.305. The number of aromatic nitrogens is 2. The number of rotatable bonds is 3. The van der Waals surface area contributed by atoms with Gasteiger partial charge in [0.25, 0.3) is 0 Å². The number of nitrogens with one attached hydrogen (secondary N) is 1. The number of halogens is 2. The molecule has 0 aliphatic rings. The molecule has 0 spiro atoms. The SMILES string of the molecule is O=c1oc2ccc(Cl)cc2cc1-c1nnc(Nc2ccc(F)cc2)s1. The second-order valence-electron chi connectivity index (χ2n) is 5.17. The number of hydrogen-bond donors (Lipinski definition) is 1. The summed E-state index contributed by atoms with van der Waals surface area (Å²) in [4.78, 5) is 12.2. The lowest BCUT2D eigenvalue weighted by atomic mass is 10.2. The van der Waals surface area contributed by atoms with Crippen molar-refractivity contribution >= 4 is 44.7 Å². The van der Waals surface area contributed by atoms with Crippen molar-refractivity contribution in [1.29, 1.82) is 0 Å². The van der Waals surface area contributed by atoms with Gasteiger partial charge in [-0.25, -0.2) is 9.18 Å². The summed E-state index contributed by atoms with van der Waals surface area (Å²) >= 11 is 7.17. The second-order valence-corrected chi connectivity index (χ2v) is 6.59. The third-order valence-corrected chi connectivity index (χ3v) is 4.55. The van der Waals surface area contributed by atoms with Gasteiger partial charge in [-0.05, 0) is 48.5 Å². The van der Waals surface area contributed by atoms with E-state index in [0.29, 0.717) is 37.4 Å². The lowest BCUT2D eigenvalue weighted by Crippen LogP contribution is -2.02. The van der Waals surface area contributed by atoms with Gasteiger partial charge in [0.15, 0.2) is 5.01 Å². The summed E-state index contributed by atoms with van der Waals surface area (Å²) in [6.45, 7) is 0. The number of hydrogen-bond acceptors (Lipinski definition) is 6. The van der Waals surface area contributed by atoms with Crippen molar-refractivity contribution in [2.75, 3.05) is 5.32 Å². The Morgan fingerprint density at radius 3 is 2.68 bits per heavy atom. The highest BCUT2D eigenvalue weighted by molar-refractivity contribution is 7.18. The van der Waals surface area contributed by atoms with Gasteiger partial charge in [-0.2, -0.15) is 0 Å². The molecule has 124 valence electrons. The standard InChI is InChI=1S/C17H9ClFN3O2S/c18-10-1-6-14-9(7-10)8-13(16(23)24-14)15-21-22-17(25-15)20-12-4-2-11(19)3-5-12/h1-8H,(H,20,22). The predicted molar refractivity (Wildman–Crippen MR) is 96.1 cm³/mol. The molecule has 25 heavy (non-hydrogen) atoms. The molecule has 0 aliphatic heterocycles. The van der Waals surface area contributed by atoms with Gasteiger partial charge in [0.1, 0.15) is 11.4 Å². The van der Waals surface area contributed by atoms with Gasteiger partial charge in [0, 0.05) is 16.1 Å². The Hall–Kier alpha value is -2.77. The van der Waals surface area contributed by atoms with Crippen LogP contribution >= 0.6 is 22.9 Å². The molecule has 2 aromatic carbocycles. The maximum absolute atomic E-state index is 12.9. The van der Waals surface area contributed by atoms with E-state index in [-0.39, 0.29) is 5.82 Å². The van der Waals surface area contributed by atoms with Crippen molar-refractivity contribution in [3.05, 3.63) is 69.8 Å². The van der Waals surface area contributed by atoms with Crippen molar-refractivity contribution in [2.24, 2.45) is 0 Å². The van der Waals surface area contributed by atoms with E-state index in [1.165, 1.54) is 23.5 Å². The fourth-order valence-electron chi connectivity index (χ4n) is 2.28. The summed E-state index contributed by atoms with van der Waals surface area (Å²) < 4.78 is 18.2. The van der Waals surface area contributed by atoms with Crippen LogP contribution in [-0.2, 0) is 0 Å². The number of benzene rings is 2. The van der Waals surface area contributed by atoms with Crippen molar-refractivity contribution in [3.63, 3.8) is 0 Å². The van der Waals surface area contributed by atoms with E-state index >= 15 is 0 Å². The molecule has 2 aromatic heterocycles. The highest BCUT2D eigenvalue weighted by atomic mass is 35.5. The predicted octanol–water partition coefficient (Wildman–Crippen LogP) is 4.85. The van der Waals surface area contributed by atoms with Crippen LogP contribution in [0.3, 0.4) is 0 Å². The first kappa shape index (κ1) is 15.7. The summed E-state index contributed by atoms with van der Waals surface area (Å²) in [6.07, 6.45) is 0. The highest BCUT2D eigenvalue weighted by Gasteiger charge is 2.13. The molecule has 4 rings (SSSR count). The summed E-state index contributed by atoms with van der Waals surface area (Å²) in [5.74, 6) is -0.323. The molecule has 4 aromatic rings. The number of fused-ring (bicyclic) bond motifs is 1. The normalized spacial score (nSPS) is 11.0. The van der Waals surface area contributed by atoms with Gasteiger partial charge < -0.3 is 9.73 Å². The van der Waals surface area contributed by atoms with Gasteiger partial charge in [-0.1, -0.05) is 22.9 Å². The van der Waals surface area contributed by atoms with E-state index in [4.69, 9.17) is 16.0 Å². The lowest BCUT2D eigenvalue weighted by Gasteiger charge is -2.01. The molecule has 0 bridgehead atoms. The van der Waals surface area contributed by atoms with E-state index in [9.17, 15) is 9.18 Å². The molecule has 0 unspecified atom stereocenters. The first-order valence-electron chi connectivity index (χ1n) is 7.18. The number of anilines is 2. The minimum Gasteiger partial charge on any atom is -0.422 e. The molecule has 2 heterocycles. The molecular weight excluding hydrogens is 365 g/mol. The van der Waals surface area contributed by atoms with E-state index in [2.05, 4.69) is 15.5 Å². The molecular formula is C17H9ClFN3O2S. The Bertz CT molecular complexity index is 1120. The van der Waals surface area contributed by atoms with Crippen LogP contribution in [0.4, 0.5) is 15.2 Å². The Morgan fingerprint density at radius 1 is 1.08 bits per heavy atom. The van der Waals surface area contributed by atoms with Crippen molar-refractivity contribution in [2.45, 2.75) is 0 Å². The van der Waals surface area contributed by atoms with E-state index < -0.39 is 5.63 Å². The molecule has 0 saturated carbocycles. The molecule has 0 amide bonds. The summed E-state index contributed by atoms with van der Waals surface area (Å²) in [7, 11) is 0. The highest BCUT2D eigenvalue weighted by Crippen LogP contribution is 2.29. The van der Waals surface area contributed by atoms with Crippen LogP contribution in [0.25, 0.3) is 21.5 Å². The topological polar surface area (TPSA) is 68.0 Å². The third-order valence-electron chi connectivity index (χ3n) is 3.45. The first-order valence-corrected chi connectivity index (χ1v) is 8.38. The monoisotopic (exact) mass is 373 g/mol. The molecule has 0 radical (unpaired) electrons. The van der Waals surface area contributed by atoms with Crippen LogP contribution in [0.1, 0.15) is 0 Å². The van der Waals surface area contributed by atoms with Crippen LogP contribution in [-0.4, -0.2) is 10.2 Å². The molecule has 5 nitrogen and oxygen atoms in total. The van der Waals surface area contributed by atoms with Gasteiger partial charge in [-0.3, -0.25) is 0 Å². The second kappa shape index (κ2) is 6.27. The van der Waals surface area contributed by atoms with Crippen LogP contribution in [0, 0.1) is 5.82 Å². The Labute approximate surface area is 149 Å². The Kier molecular flexibility index (Phi) is 3.95. The van der Waals surface area contributed by atoms with Gasteiger partial charge in [0.2, 0.25) is 5.13 Å². The first-order chi connectivity index (χ1) is 12.1. The lowest BCUT2D eigenvalue weighted by molar-refractivity contribution is 0.563. The molecule has 0 aliphatic carbocycles. The summed E-state index contributed by atoms with van der Waals surface area (Å²) in [5, 5.41) is 13.2.